The van der Waals surface area contributed by atoms with Gasteiger partial charge in [0.25, 0.3) is 0 Å². The minimum absolute atomic E-state index is 0.0936. The highest BCUT2D eigenvalue weighted by Crippen LogP contribution is 2.52. The molecule has 1 heterocycles. The summed E-state index contributed by atoms with van der Waals surface area (Å²) < 4.78 is 12.6. The number of halogens is 2. The minimum Gasteiger partial charge on any atom is -0.493 e. The maximum absolute atomic E-state index is 13.6. The molecule has 0 unspecified atom stereocenters. The molecule has 2 aliphatic carbocycles. The molecular formula is C31H33BrClNO4. The standard InChI is InChI=1S/C31H33BrClNO4/c1-30(2)12-21-27(23(35)14-30)26(28-22(34-21)13-31(3,4)15-24(28)36)18-10-20(32)29(25(11-18)37-5)38-16-17-6-8-19(33)9-7-17/h6-11,26,34H,12-16H2,1-5H3. The molecule has 0 bridgehead atoms. The van der Waals surface area contributed by atoms with Crippen LogP contribution in [0.25, 0.3) is 0 Å². The van der Waals surface area contributed by atoms with Gasteiger partial charge in [0.05, 0.1) is 11.6 Å². The molecule has 200 valence electrons. The zero-order valence-electron chi connectivity index (χ0n) is 22.5. The van der Waals surface area contributed by atoms with E-state index in [1.165, 1.54) is 0 Å². The van der Waals surface area contributed by atoms with Gasteiger partial charge >= 0.3 is 0 Å². The van der Waals surface area contributed by atoms with Crippen molar-refractivity contribution in [2.24, 2.45) is 10.8 Å². The van der Waals surface area contributed by atoms with Gasteiger partial charge in [0.2, 0.25) is 0 Å². The van der Waals surface area contributed by atoms with Crippen LogP contribution < -0.4 is 14.8 Å². The van der Waals surface area contributed by atoms with Crippen molar-refractivity contribution < 1.29 is 19.1 Å². The molecule has 5 nitrogen and oxygen atoms in total. The first-order valence-corrected chi connectivity index (χ1v) is 14.1. The summed E-state index contributed by atoms with van der Waals surface area (Å²) in [5.41, 5.74) is 4.84. The summed E-state index contributed by atoms with van der Waals surface area (Å²) in [5.74, 6) is 0.852. The van der Waals surface area contributed by atoms with Gasteiger partial charge in [0, 0.05) is 46.3 Å². The molecule has 0 atom stereocenters. The van der Waals surface area contributed by atoms with E-state index < -0.39 is 5.92 Å². The number of rotatable bonds is 5. The van der Waals surface area contributed by atoms with Gasteiger partial charge in [-0.25, -0.2) is 0 Å². The van der Waals surface area contributed by atoms with Crippen molar-refractivity contribution in [1.82, 2.24) is 5.32 Å². The Balaban J connectivity index is 1.59. The van der Waals surface area contributed by atoms with Gasteiger partial charge in [0.1, 0.15) is 6.61 Å². The molecule has 0 radical (unpaired) electrons. The van der Waals surface area contributed by atoms with E-state index in [1.54, 1.807) is 7.11 Å². The zero-order chi connectivity index (χ0) is 27.4. The number of nitrogens with one attached hydrogen (secondary N) is 1. The predicted octanol–water partition coefficient (Wildman–Crippen LogP) is 7.66. The third-order valence-corrected chi connectivity index (χ3v) is 8.44. The first kappa shape index (κ1) is 27.0. The van der Waals surface area contributed by atoms with Gasteiger partial charge in [-0.1, -0.05) is 51.4 Å². The number of Topliss-reactive ketones (excluding diaryl/α,β-unsaturated/α-hetero) is 2. The van der Waals surface area contributed by atoms with E-state index in [2.05, 4.69) is 48.9 Å². The molecule has 0 aromatic heterocycles. The van der Waals surface area contributed by atoms with E-state index >= 15 is 0 Å². The molecule has 1 N–H and O–H groups in total. The van der Waals surface area contributed by atoms with Crippen molar-refractivity contribution in [3.8, 4) is 11.5 Å². The van der Waals surface area contributed by atoms with Crippen molar-refractivity contribution in [3.63, 3.8) is 0 Å². The fourth-order valence-corrected chi connectivity index (χ4v) is 6.71. The Bertz CT molecular complexity index is 1340. The molecule has 7 heteroatoms. The van der Waals surface area contributed by atoms with Crippen LogP contribution in [-0.4, -0.2) is 18.7 Å². The Morgan fingerprint density at radius 3 is 2.00 bits per heavy atom. The third-order valence-electron chi connectivity index (χ3n) is 7.60. The van der Waals surface area contributed by atoms with Gasteiger partial charge in [-0.05, 0) is 75.0 Å². The number of hydrogen-bond donors (Lipinski definition) is 1. The average molecular weight is 599 g/mol. The van der Waals surface area contributed by atoms with Crippen LogP contribution in [0, 0.1) is 10.8 Å². The third kappa shape index (κ3) is 5.17. The lowest BCUT2D eigenvalue weighted by Gasteiger charge is -2.44. The van der Waals surface area contributed by atoms with Gasteiger partial charge in [0.15, 0.2) is 23.1 Å². The van der Waals surface area contributed by atoms with Gasteiger partial charge < -0.3 is 14.8 Å². The first-order valence-electron chi connectivity index (χ1n) is 12.9. The van der Waals surface area contributed by atoms with E-state index in [9.17, 15) is 9.59 Å². The van der Waals surface area contributed by atoms with Crippen LogP contribution in [-0.2, 0) is 16.2 Å². The predicted molar refractivity (Wildman–Crippen MR) is 152 cm³/mol. The van der Waals surface area contributed by atoms with Crippen LogP contribution in [0.15, 0.2) is 63.4 Å². The van der Waals surface area contributed by atoms with Crippen LogP contribution in [0.5, 0.6) is 11.5 Å². The van der Waals surface area contributed by atoms with Crippen LogP contribution in [0.1, 0.15) is 70.4 Å². The maximum Gasteiger partial charge on any atom is 0.175 e. The Kier molecular flexibility index (Phi) is 7.02. The number of methoxy groups -OCH3 is 1. The molecule has 38 heavy (non-hydrogen) atoms. The van der Waals surface area contributed by atoms with E-state index in [-0.39, 0.29) is 22.4 Å². The quantitative estimate of drug-likeness (QED) is 0.383. The molecule has 0 saturated carbocycles. The van der Waals surface area contributed by atoms with Crippen LogP contribution in [0.4, 0.5) is 0 Å². The smallest absolute Gasteiger partial charge is 0.175 e. The molecule has 1 aliphatic heterocycles. The number of ether oxygens (including phenoxy) is 2. The Morgan fingerprint density at radius 1 is 0.921 bits per heavy atom. The van der Waals surface area contributed by atoms with Crippen molar-refractivity contribution in [3.05, 3.63) is 79.6 Å². The van der Waals surface area contributed by atoms with Crippen LogP contribution >= 0.6 is 27.5 Å². The summed E-state index contributed by atoms with van der Waals surface area (Å²) in [6, 6.07) is 11.4. The van der Waals surface area contributed by atoms with Crippen LogP contribution in [0.2, 0.25) is 5.02 Å². The van der Waals surface area contributed by atoms with Gasteiger partial charge in [-0.15, -0.1) is 0 Å². The number of dihydropyridines is 1. The highest BCUT2D eigenvalue weighted by atomic mass is 79.9. The Labute approximate surface area is 237 Å². The molecular weight excluding hydrogens is 566 g/mol. The summed E-state index contributed by atoms with van der Waals surface area (Å²) >= 11 is 9.70. The molecule has 0 spiro atoms. The lowest BCUT2D eigenvalue weighted by atomic mass is 9.64. The molecule has 5 rings (SSSR count). The molecule has 0 fully saturated rings. The topological polar surface area (TPSA) is 64.6 Å². The van der Waals surface area contributed by atoms with E-state index in [0.717, 1.165) is 35.4 Å². The summed E-state index contributed by atoms with van der Waals surface area (Å²) in [6.45, 7) is 8.83. The highest BCUT2D eigenvalue weighted by molar-refractivity contribution is 9.10. The maximum atomic E-state index is 13.6. The second kappa shape index (κ2) is 9.87. The monoisotopic (exact) mass is 597 g/mol. The Morgan fingerprint density at radius 2 is 1.47 bits per heavy atom. The summed E-state index contributed by atoms with van der Waals surface area (Å²) in [5, 5.41) is 4.24. The van der Waals surface area contributed by atoms with Crippen molar-refractivity contribution in [1.29, 1.82) is 0 Å². The number of benzene rings is 2. The number of hydrogen-bond acceptors (Lipinski definition) is 5. The normalized spacial score (nSPS) is 20.6. The summed E-state index contributed by atoms with van der Waals surface area (Å²) in [7, 11) is 1.60. The van der Waals surface area contributed by atoms with Crippen molar-refractivity contribution >= 4 is 39.1 Å². The van der Waals surface area contributed by atoms with E-state index in [0.29, 0.717) is 51.6 Å². The molecule has 2 aromatic rings. The fourth-order valence-electron chi connectivity index (χ4n) is 6.00. The minimum atomic E-state index is -0.441. The average Bonchev–Trinajstić information content (AvgIpc) is 2.81. The number of ketones is 2. The largest absolute Gasteiger partial charge is 0.493 e. The molecule has 3 aliphatic rings. The number of carbonyl (C=O) groups excluding carboxylic acids is 2. The second-order valence-corrected chi connectivity index (χ2v) is 13.5. The highest BCUT2D eigenvalue weighted by Gasteiger charge is 2.46. The summed E-state index contributed by atoms with van der Waals surface area (Å²) in [6.07, 6.45) is 2.42. The number of allylic oxidation sites excluding steroid dienone is 4. The first-order chi connectivity index (χ1) is 17.9. The van der Waals surface area contributed by atoms with Crippen molar-refractivity contribution in [2.75, 3.05) is 7.11 Å². The van der Waals surface area contributed by atoms with Crippen LogP contribution in [0.3, 0.4) is 0 Å². The van der Waals surface area contributed by atoms with E-state index in [1.807, 2.05) is 36.4 Å². The number of carbonyl (C=O) groups is 2. The van der Waals surface area contributed by atoms with Gasteiger partial charge in [-0.2, -0.15) is 0 Å². The lowest BCUT2D eigenvalue weighted by molar-refractivity contribution is -0.119. The zero-order valence-corrected chi connectivity index (χ0v) is 24.8. The van der Waals surface area contributed by atoms with Gasteiger partial charge in [-0.3, -0.25) is 9.59 Å². The Hall–Kier alpha value is -2.57. The summed E-state index contributed by atoms with van der Waals surface area (Å²) in [4.78, 5) is 27.2. The second-order valence-electron chi connectivity index (χ2n) is 12.2. The molecule has 0 saturated heterocycles. The van der Waals surface area contributed by atoms with Crippen molar-refractivity contribution in [2.45, 2.75) is 65.9 Å². The van der Waals surface area contributed by atoms with E-state index in [4.69, 9.17) is 21.1 Å². The molecule has 2 aromatic carbocycles. The molecule has 0 amide bonds. The SMILES string of the molecule is COc1cc(C2C3=C(CC(C)(C)CC3=O)NC3=C2C(=O)CC(C)(C)C3)cc(Br)c1OCc1ccc(Cl)cc1. The lowest BCUT2D eigenvalue weighted by Crippen LogP contribution is -2.42. The fraction of sp³-hybridized carbons (Fsp3) is 0.419.